The number of benzene rings is 2. The Morgan fingerprint density at radius 3 is 2.45 bits per heavy atom. The number of amides is 2. The summed E-state index contributed by atoms with van der Waals surface area (Å²) in [5, 5.41) is 10.7. The molecule has 0 saturated carbocycles. The number of thioether (sulfide) groups is 1. The molecule has 31 heavy (non-hydrogen) atoms. The fourth-order valence-corrected chi connectivity index (χ4v) is 4.09. The molecule has 0 spiro atoms. The van der Waals surface area contributed by atoms with Crippen LogP contribution in [0.25, 0.3) is 17.1 Å². The van der Waals surface area contributed by atoms with E-state index in [2.05, 4.69) is 21.0 Å². The highest BCUT2D eigenvalue weighted by Gasteiger charge is 2.17. The van der Waals surface area contributed by atoms with Crippen molar-refractivity contribution in [2.45, 2.75) is 5.16 Å². The van der Waals surface area contributed by atoms with Gasteiger partial charge in [-0.05, 0) is 35.7 Å². The summed E-state index contributed by atoms with van der Waals surface area (Å²) in [7, 11) is 0. The van der Waals surface area contributed by atoms with Gasteiger partial charge in [-0.25, -0.2) is 4.39 Å². The quantitative estimate of drug-likeness (QED) is 0.343. The van der Waals surface area contributed by atoms with Crippen LogP contribution in [0.15, 0.2) is 77.3 Å². The number of thiophene rings is 1. The highest BCUT2D eigenvalue weighted by molar-refractivity contribution is 7.99. The van der Waals surface area contributed by atoms with Gasteiger partial charge in [0.25, 0.3) is 5.91 Å². The van der Waals surface area contributed by atoms with Crippen LogP contribution in [0.3, 0.4) is 0 Å². The second-order valence-corrected chi connectivity index (χ2v) is 8.14. The summed E-state index contributed by atoms with van der Waals surface area (Å²) in [4.78, 5) is 24.6. The zero-order valence-electron chi connectivity index (χ0n) is 16.0. The van der Waals surface area contributed by atoms with Crippen LogP contribution in [-0.2, 0) is 4.79 Å². The van der Waals surface area contributed by atoms with Gasteiger partial charge in [-0.3, -0.25) is 25.0 Å². The number of hydrazine groups is 1. The van der Waals surface area contributed by atoms with Gasteiger partial charge in [0, 0.05) is 11.3 Å². The van der Waals surface area contributed by atoms with Gasteiger partial charge in [0.2, 0.25) is 5.91 Å². The topological polar surface area (TPSA) is 88.9 Å². The average Bonchev–Trinajstić information content (AvgIpc) is 3.48. The van der Waals surface area contributed by atoms with Crippen molar-refractivity contribution in [1.29, 1.82) is 0 Å². The van der Waals surface area contributed by atoms with E-state index < -0.39 is 5.91 Å². The lowest BCUT2D eigenvalue weighted by Crippen LogP contribution is -2.42. The number of nitrogens with zero attached hydrogens (tertiary/aromatic N) is 3. The molecule has 2 aromatic carbocycles. The SMILES string of the molecule is O=C(CSc1nnc(-c2ccccc2)n1-c1ccc(F)cc1)NNC(=O)c1cccs1. The first kappa shape index (κ1) is 20.8. The molecular formula is C21H16FN5O2S2. The largest absolute Gasteiger partial charge is 0.279 e. The van der Waals surface area contributed by atoms with Crippen LogP contribution in [0, 0.1) is 5.82 Å². The van der Waals surface area contributed by atoms with E-state index in [1.807, 2.05) is 30.3 Å². The van der Waals surface area contributed by atoms with E-state index in [0.717, 1.165) is 17.3 Å². The maximum absolute atomic E-state index is 13.4. The third kappa shape index (κ3) is 4.98. The van der Waals surface area contributed by atoms with Gasteiger partial charge in [-0.15, -0.1) is 21.5 Å². The van der Waals surface area contributed by atoms with Crippen LogP contribution in [0.5, 0.6) is 0 Å². The van der Waals surface area contributed by atoms with Crippen molar-refractivity contribution < 1.29 is 14.0 Å². The van der Waals surface area contributed by atoms with E-state index in [4.69, 9.17) is 0 Å². The fourth-order valence-electron chi connectivity index (χ4n) is 2.72. The third-order valence-electron chi connectivity index (χ3n) is 4.14. The standard InChI is InChI=1S/C21H16FN5O2S2/c22-15-8-10-16(11-9-15)27-19(14-5-2-1-3-6-14)24-26-21(27)31-13-18(28)23-25-20(29)17-7-4-12-30-17/h1-12H,13H2,(H,23,28)(H,25,29). The van der Waals surface area contributed by atoms with E-state index in [1.54, 1.807) is 34.2 Å². The van der Waals surface area contributed by atoms with Crippen LogP contribution >= 0.6 is 23.1 Å². The number of nitrogens with one attached hydrogen (secondary N) is 2. The summed E-state index contributed by atoms with van der Waals surface area (Å²) in [6.07, 6.45) is 0. The molecule has 0 unspecified atom stereocenters. The molecule has 2 N–H and O–H groups in total. The molecular weight excluding hydrogens is 437 g/mol. The Kier molecular flexibility index (Phi) is 6.39. The summed E-state index contributed by atoms with van der Waals surface area (Å²) in [5.41, 5.74) is 6.26. The molecule has 0 saturated heterocycles. The summed E-state index contributed by atoms with van der Waals surface area (Å²) in [6.45, 7) is 0. The first-order chi connectivity index (χ1) is 15.1. The maximum atomic E-state index is 13.4. The van der Waals surface area contributed by atoms with Crippen LogP contribution < -0.4 is 10.9 Å². The van der Waals surface area contributed by atoms with Gasteiger partial charge in [0.05, 0.1) is 10.6 Å². The first-order valence-corrected chi connectivity index (χ1v) is 11.0. The van der Waals surface area contributed by atoms with Crippen LogP contribution in [0.4, 0.5) is 4.39 Å². The molecule has 0 aliphatic rings. The molecule has 0 bridgehead atoms. The van der Waals surface area contributed by atoms with Crippen LogP contribution in [0.1, 0.15) is 9.67 Å². The molecule has 0 aliphatic heterocycles. The molecule has 2 heterocycles. The summed E-state index contributed by atoms with van der Waals surface area (Å²) >= 11 is 2.43. The Labute approximate surface area is 185 Å². The smallest absolute Gasteiger partial charge is 0.272 e. The van der Waals surface area contributed by atoms with E-state index in [9.17, 15) is 14.0 Å². The molecule has 2 amide bonds. The Bertz CT molecular complexity index is 1180. The predicted octanol–water partition coefficient (Wildman–Crippen LogP) is 3.69. The molecule has 0 fully saturated rings. The van der Waals surface area contributed by atoms with Crippen molar-refractivity contribution in [2.75, 3.05) is 5.75 Å². The highest BCUT2D eigenvalue weighted by Crippen LogP contribution is 2.27. The van der Waals surface area contributed by atoms with E-state index >= 15 is 0 Å². The molecule has 4 aromatic rings. The van der Waals surface area contributed by atoms with Crippen LogP contribution in [-0.4, -0.2) is 32.3 Å². The minimum atomic E-state index is -0.398. The monoisotopic (exact) mass is 453 g/mol. The zero-order valence-corrected chi connectivity index (χ0v) is 17.6. The van der Waals surface area contributed by atoms with E-state index in [1.165, 1.54) is 23.5 Å². The molecule has 2 aromatic heterocycles. The van der Waals surface area contributed by atoms with Gasteiger partial charge in [-0.2, -0.15) is 0 Å². The van der Waals surface area contributed by atoms with Gasteiger partial charge in [-0.1, -0.05) is 48.2 Å². The van der Waals surface area contributed by atoms with Crippen molar-refractivity contribution >= 4 is 34.9 Å². The first-order valence-electron chi connectivity index (χ1n) is 9.14. The van der Waals surface area contributed by atoms with Gasteiger partial charge >= 0.3 is 0 Å². The Balaban J connectivity index is 1.50. The summed E-state index contributed by atoms with van der Waals surface area (Å²) in [5.74, 6) is -0.563. The van der Waals surface area contributed by atoms with Crippen molar-refractivity contribution in [3.63, 3.8) is 0 Å². The molecule has 0 aliphatic carbocycles. The predicted molar refractivity (Wildman–Crippen MR) is 117 cm³/mol. The van der Waals surface area contributed by atoms with Crippen molar-refractivity contribution in [2.24, 2.45) is 0 Å². The van der Waals surface area contributed by atoms with Crippen LogP contribution in [0.2, 0.25) is 0 Å². The van der Waals surface area contributed by atoms with E-state index in [-0.39, 0.29) is 17.5 Å². The fraction of sp³-hybridized carbons (Fsp3) is 0.0476. The normalized spacial score (nSPS) is 10.6. The summed E-state index contributed by atoms with van der Waals surface area (Å²) in [6, 6.07) is 18.8. The number of hydrogen-bond donors (Lipinski definition) is 2. The summed E-state index contributed by atoms with van der Waals surface area (Å²) < 4.78 is 15.2. The lowest BCUT2D eigenvalue weighted by Gasteiger charge is -2.10. The molecule has 156 valence electrons. The molecule has 0 radical (unpaired) electrons. The van der Waals surface area contributed by atoms with Crippen molar-refractivity contribution in [1.82, 2.24) is 25.6 Å². The zero-order chi connectivity index (χ0) is 21.6. The second kappa shape index (κ2) is 9.54. The average molecular weight is 454 g/mol. The van der Waals surface area contributed by atoms with Gasteiger partial charge in [0.15, 0.2) is 11.0 Å². The maximum Gasteiger partial charge on any atom is 0.279 e. The molecule has 7 nitrogen and oxygen atoms in total. The molecule has 0 atom stereocenters. The number of carbonyl (C=O) groups is 2. The number of aromatic nitrogens is 3. The number of carbonyl (C=O) groups excluding carboxylic acids is 2. The highest BCUT2D eigenvalue weighted by atomic mass is 32.2. The lowest BCUT2D eigenvalue weighted by atomic mass is 10.2. The minimum Gasteiger partial charge on any atom is -0.272 e. The Morgan fingerprint density at radius 2 is 1.74 bits per heavy atom. The minimum absolute atomic E-state index is 0.00115. The molecule has 10 heteroatoms. The van der Waals surface area contributed by atoms with Gasteiger partial charge in [0.1, 0.15) is 5.82 Å². The Hall–Kier alpha value is -3.50. The second-order valence-electron chi connectivity index (χ2n) is 6.25. The lowest BCUT2D eigenvalue weighted by molar-refractivity contribution is -0.119. The van der Waals surface area contributed by atoms with Crippen molar-refractivity contribution in [3.05, 3.63) is 82.8 Å². The number of rotatable bonds is 6. The third-order valence-corrected chi connectivity index (χ3v) is 5.94. The number of halogens is 1. The van der Waals surface area contributed by atoms with E-state index in [0.29, 0.717) is 21.5 Å². The number of hydrogen-bond acceptors (Lipinski definition) is 6. The Morgan fingerprint density at radius 1 is 0.968 bits per heavy atom. The van der Waals surface area contributed by atoms with Gasteiger partial charge < -0.3 is 0 Å². The molecule has 4 rings (SSSR count). The van der Waals surface area contributed by atoms with Crippen molar-refractivity contribution in [3.8, 4) is 17.1 Å².